The van der Waals surface area contributed by atoms with Crippen LogP contribution in [-0.4, -0.2) is 48.2 Å². The molecular formula is C10H17NO4. The number of likely N-dealkylation sites (tertiary alicyclic amines) is 1. The average Bonchev–Trinajstić information content (AvgIpc) is 2.27. The maximum atomic E-state index is 11.6. The number of rotatable bonds is 3. The lowest BCUT2D eigenvalue weighted by atomic mass is 10.0. The Bertz CT molecular complexity index is 246. The molecule has 5 heteroatoms. The highest BCUT2D eigenvalue weighted by atomic mass is 16.5. The summed E-state index contributed by atoms with van der Waals surface area (Å²) in [6, 6.07) is 0. The summed E-state index contributed by atoms with van der Waals surface area (Å²) >= 11 is 0. The molecule has 0 saturated carbocycles. The minimum Gasteiger partial charge on any atom is -0.481 e. The predicted molar refractivity (Wildman–Crippen MR) is 53.4 cm³/mol. The molecule has 86 valence electrons. The van der Waals surface area contributed by atoms with Gasteiger partial charge in [0, 0.05) is 20.2 Å². The number of nitrogens with zero attached hydrogens (tertiary/aromatic N) is 1. The van der Waals surface area contributed by atoms with Crippen LogP contribution in [0.25, 0.3) is 0 Å². The Hall–Kier alpha value is -1.10. The van der Waals surface area contributed by atoms with Crippen molar-refractivity contribution in [2.45, 2.75) is 25.9 Å². The monoisotopic (exact) mass is 215 g/mol. The summed E-state index contributed by atoms with van der Waals surface area (Å²) in [5, 5.41) is 8.71. The Balaban J connectivity index is 2.46. The van der Waals surface area contributed by atoms with Crippen LogP contribution in [0.1, 0.15) is 19.8 Å². The van der Waals surface area contributed by atoms with Crippen LogP contribution in [0.5, 0.6) is 0 Å². The predicted octanol–water partition coefficient (Wildman–Crippen LogP) is 0.344. The average molecular weight is 215 g/mol. The maximum Gasteiger partial charge on any atom is 0.315 e. The molecule has 0 aromatic rings. The first-order chi connectivity index (χ1) is 7.06. The molecule has 1 rings (SSSR count). The van der Waals surface area contributed by atoms with E-state index in [0.29, 0.717) is 13.1 Å². The van der Waals surface area contributed by atoms with Crippen molar-refractivity contribution in [3.05, 3.63) is 0 Å². The fourth-order valence-electron chi connectivity index (χ4n) is 1.69. The highest BCUT2D eigenvalue weighted by Gasteiger charge is 2.29. The molecule has 0 spiro atoms. The fraction of sp³-hybridized carbons (Fsp3) is 0.800. The summed E-state index contributed by atoms with van der Waals surface area (Å²) in [6.07, 6.45) is 1.78. The summed E-state index contributed by atoms with van der Waals surface area (Å²) in [5.74, 6) is -2.30. The van der Waals surface area contributed by atoms with Gasteiger partial charge >= 0.3 is 5.97 Å². The molecule has 1 heterocycles. The number of piperidine rings is 1. The number of ether oxygens (including phenoxy) is 1. The van der Waals surface area contributed by atoms with Crippen LogP contribution in [0.15, 0.2) is 0 Å². The number of carbonyl (C=O) groups is 2. The van der Waals surface area contributed by atoms with Gasteiger partial charge in [0.25, 0.3) is 0 Å². The van der Waals surface area contributed by atoms with E-state index >= 15 is 0 Å². The van der Waals surface area contributed by atoms with E-state index in [9.17, 15) is 9.59 Å². The number of hydrogen-bond acceptors (Lipinski definition) is 3. The third kappa shape index (κ3) is 2.92. The van der Waals surface area contributed by atoms with Gasteiger partial charge < -0.3 is 14.7 Å². The molecule has 0 radical (unpaired) electrons. The molecule has 5 nitrogen and oxygen atoms in total. The largest absolute Gasteiger partial charge is 0.481 e. The van der Waals surface area contributed by atoms with Crippen molar-refractivity contribution in [2.24, 2.45) is 5.92 Å². The van der Waals surface area contributed by atoms with E-state index in [2.05, 4.69) is 0 Å². The molecule has 1 unspecified atom stereocenters. The van der Waals surface area contributed by atoms with Crippen molar-refractivity contribution >= 4 is 11.9 Å². The molecule has 1 aliphatic heterocycles. The Morgan fingerprint density at radius 3 is 2.33 bits per heavy atom. The lowest BCUT2D eigenvalue weighted by molar-refractivity contribution is -0.151. The maximum absolute atomic E-state index is 11.6. The van der Waals surface area contributed by atoms with Crippen LogP contribution in [0.2, 0.25) is 0 Å². The summed E-state index contributed by atoms with van der Waals surface area (Å²) in [4.78, 5) is 23.9. The van der Waals surface area contributed by atoms with Gasteiger partial charge in [-0.25, -0.2) is 0 Å². The van der Waals surface area contributed by atoms with Gasteiger partial charge in [-0.15, -0.1) is 0 Å². The van der Waals surface area contributed by atoms with Crippen LogP contribution >= 0.6 is 0 Å². The van der Waals surface area contributed by atoms with Crippen molar-refractivity contribution in [2.75, 3.05) is 20.2 Å². The van der Waals surface area contributed by atoms with Gasteiger partial charge in [0.05, 0.1) is 6.10 Å². The number of aliphatic carboxylic acids is 1. The molecule has 15 heavy (non-hydrogen) atoms. The van der Waals surface area contributed by atoms with Gasteiger partial charge in [-0.2, -0.15) is 0 Å². The van der Waals surface area contributed by atoms with Crippen molar-refractivity contribution in [3.8, 4) is 0 Å². The van der Waals surface area contributed by atoms with E-state index in [1.807, 2.05) is 0 Å². The van der Waals surface area contributed by atoms with Crippen LogP contribution in [0.3, 0.4) is 0 Å². The molecule has 0 aromatic carbocycles. The number of hydrogen-bond donors (Lipinski definition) is 1. The zero-order valence-corrected chi connectivity index (χ0v) is 9.10. The lowest BCUT2D eigenvalue weighted by Gasteiger charge is -2.32. The molecule has 1 atom stereocenters. The molecular weight excluding hydrogens is 198 g/mol. The van der Waals surface area contributed by atoms with Crippen molar-refractivity contribution in [1.82, 2.24) is 4.90 Å². The summed E-state index contributed by atoms with van der Waals surface area (Å²) < 4.78 is 5.17. The SMILES string of the molecule is COC1CCN(C(=O)C(C)C(=O)O)CC1. The van der Waals surface area contributed by atoms with Gasteiger partial charge in [0.2, 0.25) is 5.91 Å². The number of methoxy groups -OCH3 is 1. The minimum absolute atomic E-state index is 0.203. The van der Waals surface area contributed by atoms with E-state index in [4.69, 9.17) is 9.84 Å². The molecule has 0 aliphatic carbocycles. The second-order valence-electron chi connectivity index (χ2n) is 3.82. The molecule has 1 saturated heterocycles. The normalized spacial score (nSPS) is 20.0. The van der Waals surface area contributed by atoms with Crippen molar-refractivity contribution < 1.29 is 19.4 Å². The fourth-order valence-corrected chi connectivity index (χ4v) is 1.69. The number of carbonyl (C=O) groups excluding carboxylic acids is 1. The quantitative estimate of drug-likeness (QED) is 0.689. The van der Waals surface area contributed by atoms with Gasteiger partial charge in [-0.05, 0) is 19.8 Å². The summed E-state index contributed by atoms with van der Waals surface area (Å²) in [7, 11) is 1.65. The molecule has 1 aliphatic rings. The first kappa shape index (κ1) is 12.0. The van der Waals surface area contributed by atoms with Gasteiger partial charge in [0.15, 0.2) is 0 Å². The second-order valence-corrected chi connectivity index (χ2v) is 3.82. The first-order valence-corrected chi connectivity index (χ1v) is 5.10. The van der Waals surface area contributed by atoms with E-state index < -0.39 is 11.9 Å². The van der Waals surface area contributed by atoms with Gasteiger partial charge in [-0.3, -0.25) is 9.59 Å². The topological polar surface area (TPSA) is 66.8 Å². The second kappa shape index (κ2) is 5.11. The van der Waals surface area contributed by atoms with E-state index in [-0.39, 0.29) is 12.0 Å². The van der Waals surface area contributed by atoms with Crippen LogP contribution in [0.4, 0.5) is 0 Å². The van der Waals surface area contributed by atoms with Gasteiger partial charge in [-0.1, -0.05) is 0 Å². The minimum atomic E-state index is -1.06. The zero-order valence-electron chi connectivity index (χ0n) is 9.10. The standard InChI is InChI=1S/C10H17NO4/c1-7(10(13)14)9(12)11-5-3-8(15-2)4-6-11/h7-8H,3-6H2,1-2H3,(H,13,14). The molecule has 1 amide bonds. The lowest BCUT2D eigenvalue weighted by Crippen LogP contribution is -2.44. The first-order valence-electron chi connectivity index (χ1n) is 5.10. The number of carboxylic acids is 1. The van der Waals surface area contributed by atoms with Crippen LogP contribution in [-0.2, 0) is 14.3 Å². The Labute approximate surface area is 89.0 Å². The highest BCUT2D eigenvalue weighted by molar-refractivity contribution is 5.96. The van der Waals surface area contributed by atoms with Crippen LogP contribution in [0, 0.1) is 5.92 Å². The van der Waals surface area contributed by atoms with Crippen LogP contribution < -0.4 is 0 Å². The highest BCUT2D eigenvalue weighted by Crippen LogP contribution is 2.15. The Kier molecular flexibility index (Phi) is 4.08. The third-order valence-electron chi connectivity index (χ3n) is 2.83. The zero-order chi connectivity index (χ0) is 11.4. The van der Waals surface area contributed by atoms with E-state index in [0.717, 1.165) is 12.8 Å². The Morgan fingerprint density at radius 2 is 1.93 bits per heavy atom. The number of amides is 1. The molecule has 0 aromatic heterocycles. The molecule has 1 N–H and O–H groups in total. The van der Waals surface area contributed by atoms with Crippen molar-refractivity contribution in [3.63, 3.8) is 0 Å². The van der Waals surface area contributed by atoms with E-state index in [1.165, 1.54) is 6.92 Å². The third-order valence-corrected chi connectivity index (χ3v) is 2.83. The smallest absolute Gasteiger partial charge is 0.315 e. The van der Waals surface area contributed by atoms with Gasteiger partial charge in [0.1, 0.15) is 5.92 Å². The number of carboxylic acid groups (broad SMARTS) is 1. The summed E-state index contributed by atoms with van der Waals surface area (Å²) in [5.41, 5.74) is 0. The molecule has 1 fully saturated rings. The van der Waals surface area contributed by atoms with Crippen molar-refractivity contribution in [1.29, 1.82) is 0 Å². The molecule has 0 bridgehead atoms. The summed E-state index contributed by atoms with van der Waals surface area (Å²) in [6.45, 7) is 2.61. The van der Waals surface area contributed by atoms with E-state index in [1.54, 1.807) is 12.0 Å². The Morgan fingerprint density at radius 1 is 1.40 bits per heavy atom.